The van der Waals surface area contributed by atoms with E-state index in [0.717, 1.165) is 19.7 Å². The Balaban J connectivity index is 1.37. The number of hydrogen-bond donors (Lipinski definition) is 1. The standard InChI is InChI=1S/C18H28N2O/c1-15-17(9-12-21-15)13-19-18-7-10-20(11-8-18)14-16-5-3-2-4-6-16/h2-6,15,17-19H,7-14H2,1H3. The van der Waals surface area contributed by atoms with Gasteiger partial charge in [0.05, 0.1) is 6.10 Å². The van der Waals surface area contributed by atoms with Crippen molar-refractivity contribution in [2.24, 2.45) is 5.92 Å². The van der Waals surface area contributed by atoms with Crippen LogP contribution in [0.2, 0.25) is 0 Å². The SMILES string of the molecule is CC1OCCC1CNC1CCN(Cc2ccccc2)CC1. The maximum absolute atomic E-state index is 5.64. The van der Waals surface area contributed by atoms with Gasteiger partial charge in [-0.2, -0.15) is 0 Å². The maximum Gasteiger partial charge on any atom is 0.0588 e. The summed E-state index contributed by atoms with van der Waals surface area (Å²) in [6.07, 6.45) is 4.21. The molecule has 2 fully saturated rings. The molecule has 0 amide bonds. The van der Waals surface area contributed by atoms with Crippen molar-refractivity contribution < 1.29 is 4.74 Å². The van der Waals surface area contributed by atoms with Crippen molar-refractivity contribution in [3.05, 3.63) is 35.9 Å². The highest BCUT2D eigenvalue weighted by Gasteiger charge is 2.25. The number of rotatable bonds is 5. The Hall–Kier alpha value is -0.900. The van der Waals surface area contributed by atoms with Crippen LogP contribution in [0.4, 0.5) is 0 Å². The molecule has 2 heterocycles. The molecule has 0 bridgehead atoms. The van der Waals surface area contributed by atoms with Gasteiger partial charge in [-0.15, -0.1) is 0 Å². The first-order valence-electron chi connectivity index (χ1n) is 8.42. The summed E-state index contributed by atoms with van der Waals surface area (Å²) >= 11 is 0. The van der Waals surface area contributed by atoms with Crippen LogP contribution in [-0.2, 0) is 11.3 Å². The van der Waals surface area contributed by atoms with E-state index in [9.17, 15) is 0 Å². The van der Waals surface area contributed by atoms with Crippen molar-refractivity contribution in [2.75, 3.05) is 26.2 Å². The quantitative estimate of drug-likeness (QED) is 0.901. The molecule has 1 N–H and O–H groups in total. The zero-order valence-electron chi connectivity index (χ0n) is 13.1. The third-order valence-electron chi connectivity index (χ3n) is 5.04. The lowest BCUT2D eigenvalue weighted by Gasteiger charge is -2.33. The maximum atomic E-state index is 5.64. The Kier molecular flexibility index (Phi) is 5.28. The highest BCUT2D eigenvalue weighted by Crippen LogP contribution is 2.20. The van der Waals surface area contributed by atoms with Crippen LogP contribution in [0.5, 0.6) is 0 Å². The van der Waals surface area contributed by atoms with E-state index in [2.05, 4.69) is 47.5 Å². The van der Waals surface area contributed by atoms with Crippen molar-refractivity contribution >= 4 is 0 Å². The number of piperidine rings is 1. The molecular formula is C18H28N2O. The van der Waals surface area contributed by atoms with Crippen LogP contribution in [0.3, 0.4) is 0 Å². The first-order chi connectivity index (χ1) is 10.3. The third kappa shape index (κ3) is 4.29. The molecule has 21 heavy (non-hydrogen) atoms. The van der Waals surface area contributed by atoms with Gasteiger partial charge in [-0.1, -0.05) is 30.3 Å². The lowest BCUT2D eigenvalue weighted by Crippen LogP contribution is -2.44. The molecule has 2 aliphatic rings. The van der Waals surface area contributed by atoms with Gasteiger partial charge in [-0.05, 0) is 50.8 Å². The summed E-state index contributed by atoms with van der Waals surface area (Å²) in [7, 11) is 0. The van der Waals surface area contributed by atoms with Crippen molar-refractivity contribution in [1.82, 2.24) is 10.2 Å². The van der Waals surface area contributed by atoms with Gasteiger partial charge in [-0.3, -0.25) is 4.90 Å². The molecule has 0 aliphatic carbocycles. The van der Waals surface area contributed by atoms with E-state index in [1.165, 1.54) is 37.9 Å². The van der Waals surface area contributed by atoms with Crippen molar-refractivity contribution in [2.45, 2.75) is 44.9 Å². The number of likely N-dealkylation sites (tertiary alicyclic amines) is 1. The van der Waals surface area contributed by atoms with E-state index >= 15 is 0 Å². The second kappa shape index (κ2) is 7.39. The molecule has 1 aromatic carbocycles. The summed E-state index contributed by atoms with van der Waals surface area (Å²) in [6, 6.07) is 11.5. The molecule has 3 heteroatoms. The van der Waals surface area contributed by atoms with Crippen LogP contribution in [0.1, 0.15) is 31.7 Å². The fourth-order valence-electron chi connectivity index (χ4n) is 3.50. The minimum atomic E-state index is 0.440. The number of nitrogens with zero attached hydrogens (tertiary/aromatic N) is 1. The van der Waals surface area contributed by atoms with Crippen LogP contribution in [0.15, 0.2) is 30.3 Å². The largest absolute Gasteiger partial charge is 0.378 e. The van der Waals surface area contributed by atoms with Gasteiger partial charge < -0.3 is 10.1 Å². The van der Waals surface area contributed by atoms with E-state index in [0.29, 0.717) is 18.1 Å². The van der Waals surface area contributed by atoms with Crippen LogP contribution >= 0.6 is 0 Å². The highest BCUT2D eigenvalue weighted by molar-refractivity contribution is 5.14. The Morgan fingerprint density at radius 2 is 1.90 bits per heavy atom. The lowest BCUT2D eigenvalue weighted by molar-refractivity contribution is 0.103. The number of ether oxygens (including phenoxy) is 1. The van der Waals surface area contributed by atoms with Crippen LogP contribution in [-0.4, -0.2) is 43.3 Å². The Morgan fingerprint density at radius 1 is 1.14 bits per heavy atom. The molecule has 2 atom stereocenters. The molecule has 0 spiro atoms. The van der Waals surface area contributed by atoms with Crippen molar-refractivity contribution in [3.63, 3.8) is 0 Å². The van der Waals surface area contributed by atoms with Crippen molar-refractivity contribution in [3.8, 4) is 0 Å². The fourth-order valence-corrected chi connectivity index (χ4v) is 3.50. The predicted molar refractivity (Wildman–Crippen MR) is 86.3 cm³/mol. The first-order valence-corrected chi connectivity index (χ1v) is 8.42. The Morgan fingerprint density at radius 3 is 2.57 bits per heavy atom. The van der Waals surface area contributed by atoms with Crippen LogP contribution in [0, 0.1) is 5.92 Å². The van der Waals surface area contributed by atoms with E-state index in [4.69, 9.17) is 4.74 Å². The molecule has 2 saturated heterocycles. The van der Waals surface area contributed by atoms with Gasteiger partial charge in [0.2, 0.25) is 0 Å². The van der Waals surface area contributed by atoms with Crippen LogP contribution < -0.4 is 5.32 Å². The molecule has 2 unspecified atom stereocenters. The Bertz CT molecular complexity index is 414. The molecule has 0 radical (unpaired) electrons. The van der Waals surface area contributed by atoms with Gasteiger partial charge in [0.1, 0.15) is 0 Å². The summed E-state index contributed by atoms with van der Waals surface area (Å²) in [5.74, 6) is 0.715. The zero-order chi connectivity index (χ0) is 14.5. The third-order valence-corrected chi connectivity index (χ3v) is 5.04. The molecular weight excluding hydrogens is 260 g/mol. The second-order valence-electron chi connectivity index (χ2n) is 6.57. The van der Waals surface area contributed by atoms with Gasteiger partial charge in [0.15, 0.2) is 0 Å². The lowest BCUT2D eigenvalue weighted by atomic mass is 10.00. The van der Waals surface area contributed by atoms with Gasteiger partial charge >= 0.3 is 0 Å². The first kappa shape index (κ1) is 15.0. The number of hydrogen-bond acceptors (Lipinski definition) is 3. The Labute approximate surface area is 128 Å². The minimum Gasteiger partial charge on any atom is -0.378 e. The molecule has 0 aromatic heterocycles. The zero-order valence-corrected chi connectivity index (χ0v) is 13.1. The summed E-state index contributed by atoms with van der Waals surface area (Å²) < 4.78 is 5.64. The molecule has 0 saturated carbocycles. The van der Waals surface area contributed by atoms with Gasteiger partial charge in [0, 0.05) is 25.7 Å². The molecule has 1 aromatic rings. The number of nitrogens with one attached hydrogen (secondary N) is 1. The van der Waals surface area contributed by atoms with E-state index in [1.54, 1.807) is 0 Å². The van der Waals surface area contributed by atoms with Gasteiger partial charge in [-0.25, -0.2) is 0 Å². The van der Waals surface area contributed by atoms with E-state index in [1.807, 2.05) is 0 Å². The molecule has 116 valence electrons. The van der Waals surface area contributed by atoms with Gasteiger partial charge in [0.25, 0.3) is 0 Å². The normalized spacial score (nSPS) is 28.0. The second-order valence-corrected chi connectivity index (χ2v) is 6.57. The molecule has 3 rings (SSSR count). The average molecular weight is 288 g/mol. The van der Waals surface area contributed by atoms with E-state index in [-0.39, 0.29) is 0 Å². The van der Waals surface area contributed by atoms with Crippen molar-refractivity contribution in [1.29, 1.82) is 0 Å². The smallest absolute Gasteiger partial charge is 0.0588 e. The fraction of sp³-hybridized carbons (Fsp3) is 0.667. The number of benzene rings is 1. The highest BCUT2D eigenvalue weighted by atomic mass is 16.5. The van der Waals surface area contributed by atoms with E-state index < -0.39 is 0 Å². The van der Waals surface area contributed by atoms with Crippen LogP contribution in [0.25, 0.3) is 0 Å². The summed E-state index contributed by atoms with van der Waals surface area (Å²) in [6.45, 7) is 7.81. The topological polar surface area (TPSA) is 24.5 Å². The molecule has 2 aliphatic heterocycles. The summed E-state index contributed by atoms with van der Waals surface area (Å²) in [4.78, 5) is 2.58. The monoisotopic (exact) mass is 288 g/mol. The average Bonchev–Trinajstić information content (AvgIpc) is 2.93. The summed E-state index contributed by atoms with van der Waals surface area (Å²) in [5.41, 5.74) is 1.43. The molecule has 3 nitrogen and oxygen atoms in total. The summed E-state index contributed by atoms with van der Waals surface area (Å²) in [5, 5.41) is 3.77. The minimum absolute atomic E-state index is 0.440. The predicted octanol–water partition coefficient (Wildman–Crippen LogP) is 2.67.